The monoisotopic (exact) mass is 358 g/mol. The number of aryl methyl sites for hydroxylation is 1. The van der Waals surface area contributed by atoms with Crippen molar-refractivity contribution in [2.24, 2.45) is 13.0 Å². The number of aliphatic hydroxyl groups is 1. The van der Waals surface area contributed by atoms with Gasteiger partial charge in [0.1, 0.15) is 12.2 Å². The predicted molar refractivity (Wildman–Crippen MR) is 83.2 cm³/mol. The minimum Gasteiger partial charge on any atom is -0.468 e. The Balaban J connectivity index is 1.93. The number of esters is 1. The number of carbonyl (C=O) groups excluding carboxylic acids is 3. The topological polar surface area (TPSA) is 123 Å². The molecule has 2 amide bonds. The molecule has 0 aromatic carbocycles. The van der Waals surface area contributed by atoms with E-state index in [1.165, 1.54) is 18.0 Å². The predicted octanol–water partition coefficient (Wildman–Crippen LogP) is -0.768. The van der Waals surface area contributed by atoms with Crippen LogP contribution in [-0.4, -0.2) is 58.5 Å². The molecule has 0 saturated heterocycles. The molecule has 0 aliphatic heterocycles. The van der Waals surface area contributed by atoms with Gasteiger partial charge in [-0.2, -0.15) is 5.10 Å². The Morgan fingerprint density at radius 2 is 2.17 bits per heavy atom. The molecule has 132 valence electrons. The van der Waals surface area contributed by atoms with E-state index in [4.69, 9.17) is 11.6 Å². The van der Waals surface area contributed by atoms with Gasteiger partial charge in [-0.1, -0.05) is 11.6 Å². The van der Waals surface area contributed by atoms with Crippen molar-refractivity contribution in [1.29, 1.82) is 0 Å². The molecule has 1 heterocycles. The van der Waals surface area contributed by atoms with Crippen LogP contribution in [0.3, 0.4) is 0 Å². The molecule has 1 fully saturated rings. The quantitative estimate of drug-likeness (QED) is 0.594. The van der Waals surface area contributed by atoms with E-state index in [2.05, 4.69) is 20.5 Å². The van der Waals surface area contributed by atoms with Crippen LogP contribution in [0.1, 0.15) is 23.3 Å². The Kier molecular flexibility index (Phi) is 5.79. The first-order valence-electron chi connectivity index (χ1n) is 7.34. The third-order valence-corrected chi connectivity index (χ3v) is 4.24. The zero-order valence-corrected chi connectivity index (χ0v) is 14.0. The van der Waals surface area contributed by atoms with Gasteiger partial charge in [-0.25, -0.2) is 0 Å². The molecule has 1 aliphatic rings. The number of nitrogens with one attached hydrogen (secondary N) is 2. The van der Waals surface area contributed by atoms with Crippen molar-refractivity contribution < 1.29 is 24.2 Å². The molecule has 0 radical (unpaired) electrons. The highest BCUT2D eigenvalue weighted by Gasteiger charge is 2.38. The summed E-state index contributed by atoms with van der Waals surface area (Å²) in [5, 5.41) is 19.3. The van der Waals surface area contributed by atoms with Gasteiger partial charge in [0.25, 0.3) is 5.91 Å². The number of ether oxygens (including phenoxy) is 1. The van der Waals surface area contributed by atoms with Crippen molar-refractivity contribution >= 4 is 29.4 Å². The molecular weight excluding hydrogens is 340 g/mol. The summed E-state index contributed by atoms with van der Waals surface area (Å²) in [6, 6.07) is -0.586. The van der Waals surface area contributed by atoms with Gasteiger partial charge < -0.3 is 20.5 Å². The number of aliphatic hydroxyl groups excluding tert-OH is 1. The van der Waals surface area contributed by atoms with Crippen molar-refractivity contribution in [3.8, 4) is 0 Å². The number of nitrogens with zero attached hydrogens (tertiary/aromatic N) is 2. The largest absolute Gasteiger partial charge is 0.468 e. The maximum Gasteiger partial charge on any atom is 0.325 e. The zero-order valence-electron chi connectivity index (χ0n) is 13.3. The summed E-state index contributed by atoms with van der Waals surface area (Å²) >= 11 is 5.91. The number of amides is 2. The molecule has 3 atom stereocenters. The summed E-state index contributed by atoms with van der Waals surface area (Å²) in [5.41, 5.74) is 0.183. The van der Waals surface area contributed by atoms with Gasteiger partial charge in [-0.15, -0.1) is 0 Å². The Bertz CT molecular complexity index is 628. The molecule has 3 N–H and O–H groups in total. The molecule has 0 spiro atoms. The van der Waals surface area contributed by atoms with Gasteiger partial charge in [0.15, 0.2) is 0 Å². The number of hydrogen-bond acceptors (Lipinski definition) is 6. The molecule has 1 aliphatic carbocycles. The minimum absolute atomic E-state index is 0.183. The standard InChI is InChI=1S/C14H19ClN4O5/c1-19-12(8(15)5-17-19)14(23)18-9-3-7(4-10(9)20)13(22)16-6-11(21)24-2/h5,7,9-10,20H,3-4,6H2,1-2H3,(H,16,22)(H,18,23)/t7-,9+,10+/m0/s1. The number of carbonyl (C=O) groups is 3. The first-order chi connectivity index (χ1) is 11.3. The Morgan fingerprint density at radius 1 is 1.46 bits per heavy atom. The highest BCUT2D eigenvalue weighted by molar-refractivity contribution is 6.33. The van der Waals surface area contributed by atoms with E-state index in [0.29, 0.717) is 0 Å². The average molecular weight is 359 g/mol. The van der Waals surface area contributed by atoms with E-state index in [1.807, 2.05) is 0 Å². The molecule has 2 rings (SSSR count). The lowest BCUT2D eigenvalue weighted by atomic mass is 10.1. The minimum atomic E-state index is -0.866. The van der Waals surface area contributed by atoms with Crippen molar-refractivity contribution in [3.05, 3.63) is 16.9 Å². The first-order valence-corrected chi connectivity index (χ1v) is 7.72. The second kappa shape index (κ2) is 7.63. The summed E-state index contributed by atoms with van der Waals surface area (Å²) in [4.78, 5) is 35.3. The van der Waals surface area contributed by atoms with Crippen LogP contribution >= 0.6 is 11.6 Å². The van der Waals surface area contributed by atoms with E-state index in [9.17, 15) is 19.5 Å². The van der Waals surface area contributed by atoms with Crippen LogP contribution < -0.4 is 10.6 Å². The van der Waals surface area contributed by atoms with Gasteiger partial charge in [0.05, 0.1) is 30.5 Å². The Labute approximate surface area is 143 Å². The molecule has 0 bridgehead atoms. The second-order valence-corrected chi connectivity index (χ2v) is 5.98. The van der Waals surface area contributed by atoms with Crippen LogP contribution in [0, 0.1) is 5.92 Å². The SMILES string of the molecule is COC(=O)CNC(=O)[C@@H]1C[C@@H](O)[C@H](NC(=O)c2c(Cl)cnn2C)C1. The Morgan fingerprint density at radius 3 is 2.75 bits per heavy atom. The molecule has 0 unspecified atom stereocenters. The maximum atomic E-state index is 12.3. The first kappa shape index (κ1) is 18.2. The lowest BCUT2D eigenvalue weighted by Crippen LogP contribution is -2.41. The molecule has 1 aromatic heterocycles. The molecule has 10 heteroatoms. The molecule has 1 saturated carbocycles. The van der Waals surface area contributed by atoms with E-state index in [0.717, 1.165) is 0 Å². The van der Waals surface area contributed by atoms with E-state index in [-0.39, 0.29) is 36.0 Å². The summed E-state index contributed by atoms with van der Waals surface area (Å²) in [5.74, 6) is -1.90. The number of methoxy groups -OCH3 is 1. The molecular formula is C14H19ClN4O5. The van der Waals surface area contributed by atoms with Crippen LogP contribution in [0.4, 0.5) is 0 Å². The zero-order chi connectivity index (χ0) is 17.9. The maximum absolute atomic E-state index is 12.3. The van der Waals surface area contributed by atoms with Crippen LogP contribution in [0.15, 0.2) is 6.20 Å². The fourth-order valence-corrected chi connectivity index (χ4v) is 2.92. The summed E-state index contributed by atoms with van der Waals surface area (Å²) in [6.45, 7) is -0.233. The van der Waals surface area contributed by atoms with Crippen molar-refractivity contribution in [2.75, 3.05) is 13.7 Å². The number of hydrogen-bond donors (Lipinski definition) is 3. The highest BCUT2D eigenvalue weighted by Crippen LogP contribution is 2.27. The second-order valence-electron chi connectivity index (χ2n) is 5.57. The van der Waals surface area contributed by atoms with E-state index < -0.39 is 29.9 Å². The summed E-state index contributed by atoms with van der Waals surface area (Å²) in [7, 11) is 2.80. The van der Waals surface area contributed by atoms with Crippen molar-refractivity contribution in [1.82, 2.24) is 20.4 Å². The van der Waals surface area contributed by atoms with E-state index in [1.54, 1.807) is 7.05 Å². The normalized spacial score (nSPS) is 22.9. The van der Waals surface area contributed by atoms with E-state index >= 15 is 0 Å². The lowest BCUT2D eigenvalue weighted by Gasteiger charge is -2.16. The molecule has 9 nitrogen and oxygen atoms in total. The Hall–Kier alpha value is -2.13. The fourth-order valence-electron chi connectivity index (χ4n) is 2.66. The smallest absolute Gasteiger partial charge is 0.325 e. The van der Waals surface area contributed by atoms with Crippen LogP contribution in [0.5, 0.6) is 0 Å². The average Bonchev–Trinajstić information content (AvgIpc) is 3.07. The van der Waals surface area contributed by atoms with Gasteiger partial charge in [0.2, 0.25) is 5.91 Å². The lowest BCUT2D eigenvalue weighted by molar-refractivity contribution is -0.141. The third kappa shape index (κ3) is 4.04. The third-order valence-electron chi connectivity index (χ3n) is 3.96. The van der Waals surface area contributed by atoms with Gasteiger partial charge in [-0.05, 0) is 12.8 Å². The van der Waals surface area contributed by atoms with Crippen molar-refractivity contribution in [2.45, 2.75) is 25.0 Å². The van der Waals surface area contributed by atoms with Crippen LogP contribution in [0.25, 0.3) is 0 Å². The van der Waals surface area contributed by atoms with Crippen LogP contribution in [-0.2, 0) is 21.4 Å². The van der Waals surface area contributed by atoms with Crippen molar-refractivity contribution in [3.63, 3.8) is 0 Å². The summed E-state index contributed by atoms with van der Waals surface area (Å²) in [6.07, 6.45) is 0.937. The van der Waals surface area contributed by atoms with Crippen LogP contribution in [0.2, 0.25) is 5.02 Å². The summed E-state index contributed by atoms with van der Waals surface area (Å²) < 4.78 is 5.77. The molecule has 1 aromatic rings. The number of aromatic nitrogens is 2. The number of rotatable bonds is 5. The fraction of sp³-hybridized carbons (Fsp3) is 0.571. The highest BCUT2D eigenvalue weighted by atomic mass is 35.5. The number of halogens is 1. The van der Waals surface area contributed by atoms with Gasteiger partial charge in [0, 0.05) is 13.0 Å². The molecule has 24 heavy (non-hydrogen) atoms. The van der Waals surface area contributed by atoms with Gasteiger partial charge in [-0.3, -0.25) is 19.1 Å². The van der Waals surface area contributed by atoms with Gasteiger partial charge >= 0.3 is 5.97 Å².